The summed E-state index contributed by atoms with van der Waals surface area (Å²) in [4.78, 5) is 24.1. The Bertz CT molecular complexity index is 1000. The van der Waals surface area contributed by atoms with Crippen LogP contribution in [0.25, 0.3) is 11.1 Å². The van der Waals surface area contributed by atoms with Crippen LogP contribution >= 0.6 is 0 Å². The number of hydrogen-bond acceptors (Lipinski definition) is 7. The number of ether oxygens (including phenoxy) is 4. The van der Waals surface area contributed by atoms with Crippen LogP contribution in [-0.4, -0.2) is 53.2 Å². The Morgan fingerprint density at radius 3 is 2.41 bits per heavy atom. The highest BCUT2D eigenvalue weighted by atomic mass is 16.5. The standard InChI is InChI=1S/C24H30N2O6/c1-29-17-7-8-18-19(11-17)14(9-16(27)13-26-21(28)12-25)5-6-15-10-20(30-2)23(31-3)24(32-4)22(15)18/h7-8,10-11,14H,5-6,9,12-13,25H2,1-4H3,(H,26,28)/t14-/m1/s1. The number of rotatable bonds is 9. The van der Waals surface area contributed by atoms with Crippen molar-refractivity contribution >= 4 is 11.7 Å². The van der Waals surface area contributed by atoms with Crippen LogP contribution in [0.4, 0.5) is 0 Å². The molecule has 0 saturated carbocycles. The Balaban J connectivity index is 2.08. The lowest BCUT2D eigenvalue weighted by atomic mass is 9.87. The highest BCUT2D eigenvalue weighted by Crippen LogP contribution is 2.51. The van der Waals surface area contributed by atoms with E-state index in [1.165, 1.54) is 0 Å². The third-order valence-electron chi connectivity index (χ3n) is 5.78. The van der Waals surface area contributed by atoms with Crippen molar-refractivity contribution in [3.8, 4) is 34.1 Å². The van der Waals surface area contributed by atoms with Crippen LogP contribution < -0.4 is 30.0 Å². The summed E-state index contributed by atoms with van der Waals surface area (Å²) in [5, 5.41) is 2.56. The Kier molecular flexibility index (Phi) is 7.58. The SMILES string of the molecule is COc1ccc2c(c1)[C@@H](CC(=O)CNC(=O)CN)CCc1cc(OC)c(OC)c(OC)c1-2. The Morgan fingerprint density at radius 2 is 1.78 bits per heavy atom. The molecule has 0 saturated heterocycles. The number of carbonyl (C=O) groups is 2. The van der Waals surface area contributed by atoms with Crippen molar-refractivity contribution in [1.29, 1.82) is 0 Å². The summed E-state index contributed by atoms with van der Waals surface area (Å²) in [7, 11) is 6.39. The van der Waals surface area contributed by atoms with Crippen LogP contribution in [0.15, 0.2) is 24.3 Å². The Morgan fingerprint density at radius 1 is 1.03 bits per heavy atom. The van der Waals surface area contributed by atoms with Gasteiger partial charge in [-0.2, -0.15) is 0 Å². The molecule has 8 heteroatoms. The van der Waals surface area contributed by atoms with Gasteiger partial charge in [0.2, 0.25) is 11.7 Å². The van der Waals surface area contributed by atoms with Gasteiger partial charge in [0.05, 0.1) is 41.5 Å². The van der Waals surface area contributed by atoms with E-state index in [1.807, 2.05) is 24.3 Å². The van der Waals surface area contributed by atoms with E-state index < -0.39 is 0 Å². The molecule has 0 bridgehead atoms. The van der Waals surface area contributed by atoms with Crippen molar-refractivity contribution in [2.24, 2.45) is 5.73 Å². The molecule has 0 heterocycles. The molecule has 0 fully saturated rings. The van der Waals surface area contributed by atoms with E-state index in [2.05, 4.69) is 5.32 Å². The fraction of sp³-hybridized carbons (Fsp3) is 0.417. The van der Waals surface area contributed by atoms with E-state index in [0.29, 0.717) is 23.0 Å². The van der Waals surface area contributed by atoms with Crippen molar-refractivity contribution in [2.75, 3.05) is 41.5 Å². The summed E-state index contributed by atoms with van der Waals surface area (Å²) in [6, 6.07) is 7.82. The Labute approximate surface area is 188 Å². The zero-order valence-electron chi connectivity index (χ0n) is 18.9. The predicted molar refractivity (Wildman–Crippen MR) is 121 cm³/mol. The lowest BCUT2D eigenvalue weighted by Gasteiger charge is -2.21. The smallest absolute Gasteiger partial charge is 0.234 e. The van der Waals surface area contributed by atoms with Gasteiger partial charge in [0.25, 0.3) is 0 Å². The number of Topliss-reactive ketones (excluding diaryl/α,β-unsaturated/α-hetero) is 1. The number of nitrogens with one attached hydrogen (secondary N) is 1. The zero-order valence-corrected chi connectivity index (χ0v) is 18.9. The van der Waals surface area contributed by atoms with E-state index in [-0.39, 0.29) is 37.1 Å². The van der Waals surface area contributed by atoms with Crippen molar-refractivity contribution in [2.45, 2.75) is 25.2 Å². The highest BCUT2D eigenvalue weighted by Gasteiger charge is 2.30. The van der Waals surface area contributed by atoms with Crippen LogP contribution in [0.5, 0.6) is 23.0 Å². The molecule has 1 aliphatic rings. The summed E-state index contributed by atoms with van der Waals surface area (Å²) in [5.74, 6) is 1.95. The number of fused-ring (bicyclic) bond motifs is 3. The van der Waals surface area contributed by atoms with Gasteiger partial charge in [0.15, 0.2) is 17.3 Å². The summed E-state index contributed by atoms with van der Waals surface area (Å²) in [6.45, 7) is -0.181. The van der Waals surface area contributed by atoms with Crippen molar-refractivity contribution in [3.05, 3.63) is 35.4 Å². The highest BCUT2D eigenvalue weighted by molar-refractivity contribution is 5.88. The number of hydrogen-bond donors (Lipinski definition) is 2. The summed E-state index contributed by atoms with van der Waals surface area (Å²) in [5.41, 5.74) is 9.24. The lowest BCUT2D eigenvalue weighted by molar-refractivity contribution is -0.124. The minimum atomic E-state index is -0.349. The van der Waals surface area contributed by atoms with Crippen LogP contribution in [0, 0.1) is 0 Å². The summed E-state index contributed by atoms with van der Waals surface area (Å²) >= 11 is 0. The minimum Gasteiger partial charge on any atom is -0.497 e. The second kappa shape index (κ2) is 10.4. The molecule has 0 unspecified atom stereocenters. The van der Waals surface area contributed by atoms with Gasteiger partial charge in [-0.15, -0.1) is 0 Å². The van der Waals surface area contributed by atoms with Gasteiger partial charge in [-0.25, -0.2) is 0 Å². The first-order chi connectivity index (χ1) is 15.5. The maximum absolute atomic E-state index is 12.7. The number of aryl methyl sites for hydroxylation is 1. The number of amides is 1. The van der Waals surface area contributed by atoms with Gasteiger partial charge in [0.1, 0.15) is 5.75 Å². The van der Waals surface area contributed by atoms with Crippen molar-refractivity contribution in [3.63, 3.8) is 0 Å². The first-order valence-corrected chi connectivity index (χ1v) is 10.5. The molecule has 0 aliphatic heterocycles. The molecule has 3 N–H and O–H groups in total. The van der Waals surface area contributed by atoms with Gasteiger partial charge in [-0.05, 0) is 53.6 Å². The van der Waals surface area contributed by atoms with E-state index in [4.69, 9.17) is 24.7 Å². The Hall–Kier alpha value is -3.26. The van der Waals surface area contributed by atoms with Crippen LogP contribution in [0.3, 0.4) is 0 Å². The van der Waals surface area contributed by atoms with E-state index >= 15 is 0 Å². The first-order valence-electron chi connectivity index (χ1n) is 10.5. The molecule has 8 nitrogen and oxygen atoms in total. The average molecular weight is 443 g/mol. The van der Waals surface area contributed by atoms with Crippen molar-refractivity contribution in [1.82, 2.24) is 5.32 Å². The van der Waals surface area contributed by atoms with Gasteiger partial charge in [0, 0.05) is 12.0 Å². The molecular weight excluding hydrogens is 412 g/mol. The number of methoxy groups -OCH3 is 4. The zero-order chi connectivity index (χ0) is 23.3. The fourth-order valence-electron chi connectivity index (χ4n) is 4.25. The lowest BCUT2D eigenvalue weighted by Crippen LogP contribution is -2.34. The predicted octanol–water partition coefficient (Wildman–Crippen LogP) is 2.45. The van der Waals surface area contributed by atoms with Crippen LogP contribution in [-0.2, 0) is 16.0 Å². The molecule has 3 rings (SSSR count). The first kappa shape index (κ1) is 23.4. The average Bonchev–Trinajstić information content (AvgIpc) is 2.97. The number of benzene rings is 2. The number of nitrogens with two attached hydrogens (primary N) is 1. The molecule has 32 heavy (non-hydrogen) atoms. The molecule has 0 radical (unpaired) electrons. The van der Waals surface area contributed by atoms with Gasteiger partial charge < -0.3 is 30.0 Å². The quantitative estimate of drug-likeness (QED) is 0.614. The second-order valence-corrected chi connectivity index (χ2v) is 7.59. The molecule has 2 aromatic rings. The molecule has 172 valence electrons. The maximum Gasteiger partial charge on any atom is 0.234 e. The van der Waals surface area contributed by atoms with Crippen LogP contribution in [0.1, 0.15) is 29.9 Å². The third-order valence-corrected chi connectivity index (χ3v) is 5.78. The molecular formula is C24H30N2O6. The summed E-state index contributed by atoms with van der Waals surface area (Å²) in [6.07, 6.45) is 1.74. The van der Waals surface area contributed by atoms with E-state index in [9.17, 15) is 9.59 Å². The van der Waals surface area contributed by atoms with Gasteiger partial charge >= 0.3 is 0 Å². The monoisotopic (exact) mass is 442 g/mol. The molecule has 1 atom stereocenters. The van der Waals surface area contributed by atoms with Crippen LogP contribution in [0.2, 0.25) is 0 Å². The fourth-order valence-corrected chi connectivity index (χ4v) is 4.25. The summed E-state index contributed by atoms with van der Waals surface area (Å²) < 4.78 is 22.4. The normalized spacial score (nSPS) is 14.5. The van der Waals surface area contributed by atoms with Gasteiger partial charge in [-0.1, -0.05) is 6.07 Å². The molecule has 2 aromatic carbocycles. The van der Waals surface area contributed by atoms with E-state index in [1.54, 1.807) is 28.4 Å². The largest absolute Gasteiger partial charge is 0.497 e. The minimum absolute atomic E-state index is 0.0379. The molecule has 0 spiro atoms. The topological polar surface area (TPSA) is 109 Å². The third kappa shape index (κ3) is 4.65. The van der Waals surface area contributed by atoms with E-state index in [0.717, 1.165) is 35.1 Å². The molecule has 0 aromatic heterocycles. The van der Waals surface area contributed by atoms with Crippen molar-refractivity contribution < 1.29 is 28.5 Å². The molecule has 1 aliphatic carbocycles. The maximum atomic E-state index is 12.7. The van der Waals surface area contributed by atoms with Gasteiger partial charge in [-0.3, -0.25) is 9.59 Å². The molecule has 1 amide bonds. The number of ketones is 1. The number of carbonyl (C=O) groups excluding carboxylic acids is 2. The second-order valence-electron chi connectivity index (χ2n) is 7.59.